The van der Waals surface area contributed by atoms with Crippen molar-refractivity contribution in [3.8, 4) is 0 Å². The number of aromatic nitrogens is 2. The molecule has 28 heavy (non-hydrogen) atoms. The fourth-order valence-corrected chi connectivity index (χ4v) is 3.38. The Kier molecular flexibility index (Phi) is 5.26. The highest BCUT2D eigenvalue weighted by Gasteiger charge is 2.11. The number of anilines is 3. The van der Waals surface area contributed by atoms with Crippen molar-refractivity contribution in [2.75, 3.05) is 10.6 Å². The van der Waals surface area contributed by atoms with E-state index in [1.54, 1.807) is 30.3 Å². The Hall–Kier alpha value is -2.54. The van der Waals surface area contributed by atoms with E-state index in [0.717, 1.165) is 15.7 Å². The van der Waals surface area contributed by atoms with Crippen LogP contribution in [0.4, 0.5) is 17.3 Å². The summed E-state index contributed by atoms with van der Waals surface area (Å²) in [6, 6.07) is 17.8. The highest BCUT2D eigenvalue weighted by atomic mass is 79.9. The van der Waals surface area contributed by atoms with Gasteiger partial charge in [0.25, 0.3) is 5.91 Å². The van der Waals surface area contributed by atoms with Gasteiger partial charge in [-0.05, 0) is 60.7 Å². The standard InChI is InChI=1S/C20H13BrCl2N4O/c21-12-2-5-14(6-3-12)24-19(28)11-1-7-17-18(9-11)27-20(26-17)25-16-8-4-13(22)10-15(16)23/h1-10H,(H,24,28)(H2,25,26,27). The number of hydrogen-bond donors (Lipinski definition) is 3. The molecule has 0 unspecified atom stereocenters. The minimum atomic E-state index is -0.206. The van der Waals surface area contributed by atoms with E-state index >= 15 is 0 Å². The van der Waals surface area contributed by atoms with Crippen LogP contribution in [0.25, 0.3) is 11.0 Å². The van der Waals surface area contributed by atoms with Gasteiger partial charge in [-0.15, -0.1) is 0 Å². The van der Waals surface area contributed by atoms with Gasteiger partial charge in [0.05, 0.1) is 21.7 Å². The van der Waals surface area contributed by atoms with Crippen LogP contribution in [0.5, 0.6) is 0 Å². The molecule has 140 valence electrons. The van der Waals surface area contributed by atoms with Gasteiger partial charge in [-0.2, -0.15) is 0 Å². The molecule has 0 aliphatic rings. The summed E-state index contributed by atoms with van der Waals surface area (Å²) in [7, 11) is 0. The van der Waals surface area contributed by atoms with E-state index < -0.39 is 0 Å². The molecular weight excluding hydrogens is 463 g/mol. The molecule has 0 aliphatic carbocycles. The topological polar surface area (TPSA) is 69.8 Å². The minimum Gasteiger partial charge on any atom is -0.324 e. The second kappa shape index (κ2) is 7.83. The van der Waals surface area contributed by atoms with Gasteiger partial charge in [0.15, 0.2) is 0 Å². The quantitative estimate of drug-likeness (QED) is 0.310. The Morgan fingerprint density at radius 1 is 1.00 bits per heavy atom. The highest BCUT2D eigenvalue weighted by molar-refractivity contribution is 9.10. The van der Waals surface area contributed by atoms with Gasteiger partial charge in [-0.25, -0.2) is 4.98 Å². The lowest BCUT2D eigenvalue weighted by Gasteiger charge is -2.05. The largest absolute Gasteiger partial charge is 0.324 e. The Balaban J connectivity index is 1.55. The van der Waals surface area contributed by atoms with Gasteiger partial charge in [-0.1, -0.05) is 39.1 Å². The zero-order valence-electron chi connectivity index (χ0n) is 14.3. The Morgan fingerprint density at radius 3 is 2.54 bits per heavy atom. The van der Waals surface area contributed by atoms with E-state index in [2.05, 4.69) is 36.5 Å². The van der Waals surface area contributed by atoms with Crippen molar-refractivity contribution in [2.45, 2.75) is 0 Å². The number of amides is 1. The van der Waals surface area contributed by atoms with Gasteiger partial charge < -0.3 is 15.6 Å². The van der Waals surface area contributed by atoms with Crippen molar-refractivity contribution in [2.24, 2.45) is 0 Å². The summed E-state index contributed by atoms with van der Waals surface area (Å²) in [4.78, 5) is 20.2. The van der Waals surface area contributed by atoms with E-state index in [9.17, 15) is 4.79 Å². The molecule has 0 saturated heterocycles. The molecule has 4 aromatic rings. The van der Waals surface area contributed by atoms with Crippen LogP contribution >= 0.6 is 39.1 Å². The molecule has 8 heteroatoms. The predicted molar refractivity (Wildman–Crippen MR) is 118 cm³/mol. The summed E-state index contributed by atoms with van der Waals surface area (Å²) in [5.74, 6) is 0.312. The number of hydrogen-bond acceptors (Lipinski definition) is 3. The molecule has 4 rings (SSSR count). The molecule has 0 bridgehead atoms. The Morgan fingerprint density at radius 2 is 1.79 bits per heavy atom. The summed E-state index contributed by atoms with van der Waals surface area (Å²) in [6.45, 7) is 0. The Labute approximate surface area is 179 Å². The van der Waals surface area contributed by atoms with Crippen LogP contribution in [0.15, 0.2) is 65.1 Å². The lowest BCUT2D eigenvalue weighted by Crippen LogP contribution is -2.11. The molecule has 0 fully saturated rings. The molecule has 0 radical (unpaired) electrons. The first-order valence-corrected chi connectivity index (χ1v) is 9.81. The predicted octanol–water partition coefficient (Wildman–Crippen LogP) is 6.63. The maximum absolute atomic E-state index is 12.5. The molecule has 0 aliphatic heterocycles. The Bertz CT molecular complexity index is 1170. The molecule has 1 amide bonds. The molecule has 1 aromatic heterocycles. The van der Waals surface area contributed by atoms with Crippen molar-refractivity contribution in [3.63, 3.8) is 0 Å². The number of halogens is 3. The van der Waals surface area contributed by atoms with Crippen molar-refractivity contribution in [3.05, 3.63) is 80.7 Å². The van der Waals surface area contributed by atoms with Crippen molar-refractivity contribution >= 4 is 73.4 Å². The normalized spacial score (nSPS) is 10.8. The van der Waals surface area contributed by atoms with E-state index in [4.69, 9.17) is 23.2 Å². The van der Waals surface area contributed by atoms with Crippen LogP contribution in [0.2, 0.25) is 10.0 Å². The second-order valence-electron chi connectivity index (χ2n) is 6.03. The second-order valence-corrected chi connectivity index (χ2v) is 7.79. The van der Waals surface area contributed by atoms with Gasteiger partial charge in [0.1, 0.15) is 0 Å². The molecule has 0 saturated carbocycles. The molecule has 1 heterocycles. The van der Waals surface area contributed by atoms with Crippen LogP contribution in [-0.4, -0.2) is 15.9 Å². The van der Waals surface area contributed by atoms with Crippen molar-refractivity contribution < 1.29 is 4.79 Å². The monoisotopic (exact) mass is 474 g/mol. The number of H-pyrrole nitrogens is 1. The van der Waals surface area contributed by atoms with Crippen LogP contribution < -0.4 is 10.6 Å². The smallest absolute Gasteiger partial charge is 0.255 e. The summed E-state index contributed by atoms with van der Waals surface area (Å²) < 4.78 is 0.948. The van der Waals surface area contributed by atoms with E-state index in [1.165, 1.54) is 0 Å². The van der Waals surface area contributed by atoms with Crippen molar-refractivity contribution in [1.29, 1.82) is 0 Å². The van der Waals surface area contributed by atoms with Gasteiger partial charge in [-0.3, -0.25) is 4.79 Å². The summed E-state index contributed by atoms with van der Waals surface area (Å²) in [5.41, 5.74) is 3.37. The number of rotatable bonds is 4. The van der Waals surface area contributed by atoms with E-state index in [-0.39, 0.29) is 5.91 Å². The number of fused-ring (bicyclic) bond motifs is 1. The minimum absolute atomic E-state index is 0.206. The number of imidazole rings is 1. The SMILES string of the molecule is O=C(Nc1ccc(Br)cc1)c1ccc2[nH]c(Nc3ccc(Cl)cc3Cl)nc2c1. The molecule has 0 spiro atoms. The number of nitrogens with one attached hydrogen (secondary N) is 3. The van der Waals surface area contributed by atoms with E-state index in [1.807, 2.05) is 30.3 Å². The van der Waals surface area contributed by atoms with Gasteiger partial charge in [0, 0.05) is 20.7 Å². The fraction of sp³-hybridized carbons (Fsp3) is 0. The van der Waals surface area contributed by atoms with Crippen LogP contribution in [0.1, 0.15) is 10.4 Å². The number of nitrogens with zero attached hydrogens (tertiary/aromatic N) is 1. The van der Waals surface area contributed by atoms with Gasteiger partial charge >= 0.3 is 0 Å². The lowest BCUT2D eigenvalue weighted by atomic mass is 10.2. The van der Waals surface area contributed by atoms with Gasteiger partial charge in [0.2, 0.25) is 5.95 Å². The zero-order chi connectivity index (χ0) is 19.7. The van der Waals surface area contributed by atoms with Crippen molar-refractivity contribution in [1.82, 2.24) is 9.97 Å². The number of carbonyl (C=O) groups excluding carboxylic acids is 1. The molecule has 3 N–H and O–H groups in total. The zero-order valence-corrected chi connectivity index (χ0v) is 17.4. The summed E-state index contributed by atoms with van der Waals surface area (Å²) in [5, 5.41) is 7.03. The van der Waals surface area contributed by atoms with Crippen LogP contribution in [0.3, 0.4) is 0 Å². The third-order valence-corrected chi connectivity index (χ3v) is 5.11. The van der Waals surface area contributed by atoms with Crippen LogP contribution in [0, 0.1) is 0 Å². The van der Waals surface area contributed by atoms with E-state index in [0.29, 0.717) is 32.8 Å². The summed E-state index contributed by atoms with van der Waals surface area (Å²) in [6.07, 6.45) is 0. The number of carbonyl (C=O) groups is 1. The summed E-state index contributed by atoms with van der Waals surface area (Å²) >= 11 is 15.5. The first kappa shape index (κ1) is 18.8. The number of aromatic amines is 1. The molecule has 5 nitrogen and oxygen atoms in total. The molecule has 3 aromatic carbocycles. The molecular formula is C20H13BrCl2N4O. The average molecular weight is 476 g/mol. The average Bonchev–Trinajstić information content (AvgIpc) is 3.07. The van der Waals surface area contributed by atoms with Crippen LogP contribution in [-0.2, 0) is 0 Å². The number of benzene rings is 3. The fourth-order valence-electron chi connectivity index (χ4n) is 2.66. The molecule has 0 atom stereocenters. The maximum atomic E-state index is 12.5. The lowest BCUT2D eigenvalue weighted by molar-refractivity contribution is 0.102. The highest BCUT2D eigenvalue weighted by Crippen LogP contribution is 2.28. The first-order valence-electron chi connectivity index (χ1n) is 8.27. The first-order chi connectivity index (χ1) is 13.5. The maximum Gasteiger partial charge on any atom is 0.255 e. The third-order valence-electron chi connectivity index (χ3n) is 4.03. The third kappa shape index (κ3) is 4.14.